The zero-order chi connectivity index (χ0) is 26.8. The molecule has 14 nitrogen and oxygen atoms in total. The number of β-lactam (4-membered cyclic amide) rings is 1. The van der Waals surface area contributed by atoms with Crippen LogP contribution in [0.5, 0.6) is 0 Å². The second kappa shape index (κ2) is 12.5. The highest BCUT2D eigenvalue weighted by atomic mass is 35.5. The van der Waals surface area contributed by atoms with Gasteiger partial charge >= 0.3 is 5.97 Å². The van der Waals surface area contributed by atoms with E-state index in [-0.39, 0.29) is 53.0 Å². The van der Waals surface area contributed by atoms with Crippen molar-refractivity contribution >= 4 is 87.7 Å². The number of nitrogens with one attached hydrogen (secondary N) is 1. The summed E-state index contributed by atoms with van der Waals surface area (Å²) in [6, 6.07) is -0.945. The van der Waals surface area contributed by atoms with Crippen molar-refractivity contribution in [3.63, 3.8) is 0 Å². The number of tetrazole rings is 1. The number of carboxylic acids is 1. The number of carbonyl (C=O) groups excluding carboxylic acids is 2. The molecule has 39 heavy (non-hydrogen) atoms. The Hall–Kier alpha value is -2.98. The minimum atomic E-state index is -1.24. The van der Waals surface area contributed by atoms with Crippen LogP contribution in [-0.4, -0.2) is 99.2 Å². The molecule has 3 aliphatic heterocycles. The van der Waals surface area contributed by atoms with Gasteiger partial charge in [-0.2, -0.15) is 11.8 Å². The molecule has 2 saturated heterocycles. The lowest BCUT2D eigenvalue weighted by Gasteiger charge is -2.49. The number of nitrogens with zero attached hydrogens (tertiary/aromatic N) is 7. The van der Waals surface area contributed by atoms with Crippen LogP contribution in [0.25, 0.3) is 0 Å². The van der Waals surface area contributed by atoms with E-state index in [1.807, 2.05) is 0 Å². The van der Waals surface area contributed by atoms with Gasteiger partial charge in [-0.1, -0.05) is 22.8 Å². The van der Waals surface area contributed by atoms with E-state index in [0.717, 1.165) is 22.8 Å². The quantitative estimate of drug-likeness (QED) is 0.106. The fourth-order valence-electron chi connectivity index (χ4n) is 3.64. The lowest BCUT2D eigenvalue weighted by molar-refractivity contribution is -0.150. The molecule has 3 aliphatic rings. The summed E-state index contributed by atoms with van der Waals surface area (Å²) in [6.07, 6.45) is 5.21. The number of hydrogen-bond acceptors (Lipinski definition) is 14. The Balaban J connectivity index is 0.00000353. The van der Waals surface area contributed by atoms with Crippen LogP contribution < -0.4 is 11.1 Å². The first-order valence-corrected chi connectivity index (χ1v) is 15.0. The molecule has 2 aromatic heterocycles. The maximum Gasteiger partial charge on any atom is 0.352 e. The van der Waals surface area contributed by atoms with Crippen LogP contribution in [0.1, 0.15) is 5.69 Å². The third-order valence-electron chi connectivity index (χ3n) is 5.53. The summed E-state index contributed by atoms with van der Waals surface area (Å²) in [7, 11) is 0. The van der Waals surface area contributed by atoms with Crippen LogP contribution in [0.2, 0.25) is 0 Å². The fraction of sp³-hybridized carbons (Fsp3) is 0.400. The molecule has 2 fully saturated rings. The van der Waals surface area contributed by atoms with E-state index >= 15 is 0 Å². The van der Waals surface area contributed by atoms with Gasteiger partial charge in [0, 0.05) is 28.4 Å². The summed E-state index contributed by atoms with van der Waals surface area (Å²) in [5, 5.41) is 29.6. The minimum absolute atomic E-state index is 0. The van der Waals surface area contributed by atoms with Crippen molar-refractivity contribution in [2.45, 2.75) is 29.2 Å². The molecule has 0 saturated carbocycles. The molecule has 0 bridgehead atoms. The molecular weight excluding hydrogens is 610 g/mol. The number of aromatic nitrogens is 5. The van der Waals surface area contributed by atoms with Crippen LogP contribution in [0, 0.1) is 12.3 Å². The highest BCUT2D eigenvalue weighted by molar-refractivity contribution is 8.01. The maximum atomic E-state index is 13.1. The number of halogens is 1. The van der Waals surface area contributed by atoms with Gasteiger partial charge in [0.25, 0.3) is 11.8 Å². The molecule has 2 amide bonds. The van der Waals surface area contributed by atoms with Gasteiger partial charge in [0.05, 0.1) is 0 Å². The largest absolute Gasteiger partial charge is 0.477 e. The van der Waals surface area contributed by atoms with Crippen molar-refractivity contribution in [1.29, 1.82) is 0 Å². The number of nitrogens with two attached hydrogens (primary N) is 1. The first-order valence-electron chi connectivity index (χ1n) is 10.9. The molecule has 2 unspecified atom stereocenters. The third kappa shape index (κ3) is 5.96. The van der Waals surface area contributed by atoms with Gasteiger partial charge in [-0.25, -0.2) is 14.5 Å². The number of oxime groups is 1. The zero-order valence-electron chi connectivity index (χ0n) is 19.8. The Bertz CT molecular complexity index is 1390. The first kappa shape index (κ1) is 29.0. The molecule has 206 valence electrons. The maximum absolute atomic E-state index is 13.1. The van der Waals surface area contributed by atoms with E-state index < -0.39 is 29.2 Å². The number of thioether (sulfide) groups is 3. The van der Waals surface area contributed by atoms with E-state index in [2.05, 4.69) is 36.9 Å². The molecule has 0 radical (unpaired) electrons. The number of thiazole rings is 1. The van der Waals surface area contributed by atoms with Crippen molar-refractivity contribution in [3.05, 3.63) is 22.3 Å². The second-order valence-electron chi connectivity index (χ2n) is 8.01. The SMILES string of the molecule is C#CCn1nnnc1SCC1=C(C(=O)O)N2C(=O)C(NC(=O)/C(=N/OC3CSC3)c3csc(N)n3)C2SC1.Cl. The van der Waals surface area contributed by atoms with Crippen LogP contribution >= 0.6 is 59.0 Å². The van der Waals surface area contributed by atoms with E-state index in [4.69, 9.17) is 17.0 Å². The number of hydrogen-bond donors (Lipinski definition) is 3. The highest BCUT2D eigenvalue weighted by Crippen LogP contribution is 2.41. The highest BCUT2D eigenvalue weighted by Gasteiger charge is 2.54. The summed E-state index contributed by atoms with van der Waals surface area (Å²) in [4.78, 5) is 49.1. The molecule has 4 N–H and O–H groups in total. The van der Waals surface area contributed by atoms with Crippen molar-refractivity contribution < 1.29 is 24.3 Å². The Morgan fingerprint density at radius 1 is 1.41 bits per heavy atom. The van der Waals surface area contributed by atoms with Crippen molar-refractivity contribution in [1.82, 2.24) is 35.4 Å². The van der Waals surface area contributed by atoms with Gasteiger partial charge in [0.15, 0.2) is 10.8 Å². The Morgan fingerprint density at radius 3 is 2.85 bits per heavy atom. The van der Waals surface area contributed by atoms with Gasteiger partial charge in [0.2, 0.25) is 5.16 Å². The lowest BCUT2D eigenvalue weighted by atomic mass is 10.0. The number of carbonyl (C=O) groups is 3. The summed E-state index contributed by atoms with van der Waals surface area (Å²) < 4.78 is 1.42. The van der Waals surface area contributed by atoms with E-state index in [1.165, 1.54) is 33.1 Å². The normalized spacial score (nSPS) is 20.7. The number of terminal acetylenes is 1. The van der Waals surface area contributed by atoms with Crippen molar-refractivity contribution in [2.75, 3.05) is 28.7 Å². The third-order valence-corrected chi connectivity index (χ3v) is 9.80. The summed E-state index contributed by atoms with van der Waals surface area (Å²) in [6.45, 7) is 0.173. The standard InChI is InChI=1S/C20H19N9O5S4.ClH/c1-2-3-28-20(24-26-27-28)38-5-9-4-36-17-13(16(31)29(17)14(9)18(32)33)23-15(30)12(11-8-37-19(21)22-11)25-34-10-6-35-7-10;/h1,8,10,13,17H,3-7H2,(H2,21,22)(H,23,30)(H,32,33);1H/b25-12+;. The fourth-order valence-corrected chi connectivity index (χ4v) is 7.10. The predicted octanol–water partition coefficient (Wildman–Crippen LogP) is 0.134. The molecule has 0 aromatic carbocycles. The second-order valence-corrected chi connectivity index (χ2v) is 12.0. The van der Waals surface area contributed by atoms with Crippen LogP contribution in [0.4, 0.5) is 5.13 Å². The number of fused-ring (bicyclic) bond motifs is 1. The first-order chi connectivity index (χ1) is 18.4. The van der Waals surface area contributed by atoms with Gasteiger partial charge in [-0.15, -0.1) is 47.0 Å². The molecule has 19 heteroatoms. The number of amides is 2. The minimum Gasteiger partial charge on any atom is -0.477 e. The molecule has 5 heterocycles. The molecule has 5 rings (SSSR count). The van der Waals surface area contributed by atoms with Crippen molar-refractivity contribution in [3.8, 4) is 12.3 Å². The summed E-state index contributed by atoms with van der Waals surface area (Å²) in [5.74, 6) is 2.10. The summed E-state index contributed by atoms with van der Waals surface area (Å²) >= 11 is 5.41. The predicted molar refractivity (Wildman–Crippen MR) is 150 cm³/mol. The van der Waals surface area contributed by atoms with Gasteiger partial charge in [-0.3, -0.25) is 14.5 Å². The number of nitrogen functional groups attached to an aromatic ring is 1. The average Bonchev–Trinajstić information content (AvgIpc) is 3.50. The smallest absolute Gasteiger partial charge is 0.352 e. The topological polar surface area (TPSA) is 191 Å². The van der Waals surface area contributed by atoms with Gasteiger partial charge in [-0.05, 0) is 16.0 Å². The van der Waals surface area contributed by atoms with Crippen LogP contribution in [0.3, 0.4) is 0 Å². The number of aliphatic carboxylic acids is 1. The van der Waals surface area contributed by atoms with Crippen LogP contribution in [-0.2, 0) is 25.8 Å². The molecule has 2 atom stereocenters. The monoisotopic (exact) mass is 629 g/mol. The van der Waals surface area contributed by atoms with E-state index in [9.17, 15) is 19.5 Å². The number of rotatable bonds is 10. The lowest BCUT2D eigenvalue weighted by Crippen LogP contribution is -2.71. The van der Waals surface area contributed by atoms with E-state index in [0.29, 0.717) is 16.5 Å². The van der Waals surface area contributed by atoms with Gasteiger partial charge in [0.1, 0.15) is 35.5 Å². The Morgan fingerprint density at radius 2 is 2.21 bits per heavy atom. The van der Waals surface area contributed by atoms with Gasteiger partial charge < -0.3 is 21.0 Å². The van der Waals surface area contributed by atoms with E-state index in [1.54, 1.807) is 17.1 Å². The number of carboxylic acid groups (broad SMARTS) is 1. The van der Waals surface area contributed by atoms with Crippen LogP contribution in [0.15, 0.2) is 27.0 Å². The molecule has 0 spiro atoms. The zero-order valence-corrected chi connectivity index (χ0v) is 23.8. The van der Waals surface area contributed by atoms with Crippen molar-refractivity contribution in [2.24, 2.45) is 5.16 Å². The number of anilines is 1. The molecule has 2 aromatic rings. The Labute approximate surface area is 244 Å². The molecular formula is C20H20ClN9O5S4. The molecule has 0 aliphatic carbocycles. The average molecular weight is 630 g/mol. The Kier molecular flexibility index (Phi) is 9.27. The summed E-state index contributed by atoms with van der Waals surface area (Å²) in [5.41, 5.74) is 6.27.